The zero-order chi connectivity index (χ0) is 14.4. The molecule has 2 aromatic rings. The van der Waals surface area contributed by atoms with Crippen molar-refractivity contribution in [2.45, 2.75) is 72.1 Å². The van der Waals surface area contributed by atoms with Gasteiger partial charge in [-0.25, -0.2) is 0 Å². The van der Waals surface area contributed by atoms with E-state index in [-0.39, 0.29) is 0 Å². The van der Waals surface area contributed by atoms with Gasteiger partial charge in [0.2, 0.25) is 0 Å². The molecule has 0 aliphatic heterocycles. The summed E-state index contributed by atoms with van der Waals surface area (Å²) in [5.74, 6) is 0. The van der Waals surface area contributed by atoms with E-state index < -0.39 is 0 Å². The second-order valence-electron chi connectivity index (χ2n) is 6.19. The summed E-state index contributed by atoms with van der Waals surface area (Å²) in [6, 6.07) is 4.59. The average Bonchev–Trinajstić information content (AvgIpc) is 2.81. The molecule has 0 bridgehead atoms. The summed E-state index contributed by atoms with van der Waals surface area (Å²) in [5.41, 5.74) is 5.56. The van der Waals surface area contributed by atoms with E-state index in [4.69, 9.17) is 0 Å². The van der Waals surface area contributed by atoms with E-state index in [1.807, 2.05) is 0 Å². The van der Waals surface area contributed by atoms with Gasteiger partial charge in [-0.3, -0.25) is 0 Å². The minimum atomic E-state index is 1.22. The Labute approximate surface area is 123 Å². The minimum Gasteiger partial charge on any atom is -0.361 e. The van der Waals surface area contributed by atoms with E-state index >= 15 is 0 Å². The molecule has 20 heavy (non-hydrogen) atoms. The lowest BCUT2D eigenvalue weighted by atomic mass is 10.0. The van der Waals surface area contributed by atoms with E-state index in [0.717, 1.165) is 0 Å². The van der Waals surface area contributed by atoms with Crippen molar-refractivity contribution in [3.8, 4) is 0 Å². The lowest BCUT2D eigenvalue weighted by Gasteiger charge is -2.03. The largest absolute Gasteiger partial charge is 0.361 e. The van der Waals surface area contributed by atoms with Crippen molar-refractivity contribution < 1.29 is 0 Å². The topological polar surface area (TPSA) is 15.8 Å². The normalized spacial score (nSPS) is 11.3. The van der Waals surface area contributed by atoms with Gasteiger partial charge in [0.25, 0.3) is 0 Å². The number of hydrogen-bond acceptors (Lipinski definition) is 0. The molecule has 0 aliphatic rings. The van der Waals surface area contributed by atoms with Crippen molar-refractivity contribution in [3.05, 3.63) is 35.0 Å². The van der Waals surface area contributed by atoms with Crippen molar-refractivity contribution in [3.63, 3.8) is 0 Å². The molecule has 1 heteroatoms. The highest BCUT2D eigenvalue weighted by molar-refractivity contribution is 5.86. The van der Waals surface area contributed by atoms with Gasteiger partial charge in [-0.05, 0) is 43.9 Å². The Morgan fingerprint density at radius 3 is 2.35 bits per heavy atom. The minimum absolute atomic E-state index is 1.22. The molecule has 0 spiro atoms. The predicted octanol–water partition coefficient (Wildman–Crippen LogP) is 6.08. The number of hydrogen-bond donors (Lipinski definition) is 1. The van der Waals surface area contributed by atoms with Crippen LogP contribution in [0, 0.1) is 13.8 Å². The van der Waals surface area contributed by atoms with Gasteiger partial charge in [-0.1, -0.05) is 57.1 Å². The van der Waals surface area contributed by atoms with Gasteiger partial charge >= 0.3 is 0 Å². The molecular formula is C19H29N. The summed E-state index contributed by atoms with van der Waals surface area (Å²) in [7, 11) is 0. The average molecular weight is 271 g/mol. The molecule has 2 rings (SSSR count). The van der Waals surface area contributed by atoms with Gasteiger partial charge < -0.3 is 4.98 Å². The van der Waals surface area contributed by atoms with Gasteiger partial charge in [-0.2, -0.15) is 0 Å². The third-order valence-corrected chi connectivity index (χ3v) is 4.27. The molecule has 0 unspecified atom stereocenters. The molecular weight excluding hydrogens is 242 g/mol. The highest BCUT2D eigenvalue weighted by Crippen LogP contribution is 2.24. The zero-order valence-electron chi connectivity index (χ0n) is 13.4. The Hall–Kier alpha value is -1.24. The van der Waals surface area contributed by atoms with Gasteiger partial charge in [0.15, 0.2) is 0 Å². The summed E-state index contributed by atoms with van der Waals surface area (Å²) >= 11 is 0. The fraction of sp³-hybridized carbons (Fsp3) is 0.579. The zero-order valence-corrected chi connectivity index (χ0v) is 13.4. The number of aromatic nitrogens is 1. The lowest BCUT2D eigenvalue weighted by molar-refractivity contribution is 0.590. The number of nitrogens with one attached hydrogen (secondary N) is 1. The second kappa shape index (κ2) is 7.52. The fourth-order valence-electron chi connectivity index (χ4n) is 3.13. The molecule has 0 fully saturated rings. The maximum absolute atomic E-state index is 3.45. The van der Waals surface area contributed by atoms with Crippen LogP contribution in [0.25, 0.3) is 10.9 Å². The first-order valence-corrected chi connectivity index (χ1v) is 8.29. The first kappa shape index (κ1) is 15.2. The van der Waals surface area contributed by atoms with Crippen LogP contribution in [0.15, 0.2) is 18.3 Å². The van der Waals surface area contributed by atoms with Crippen LogP contribution in [0.5, 0.6) is 0 Å². The number of fused-ring (bicyclic) bond motifs is 1. The maximum Gasteiger partial charge on any atom is 0.0486 e. The molecule has 0 atom stereocenters. The highest BCUT2D eigenvalue weighted by Gasteiger charge is 2.06. The van der Waals surface area contributed by atoms with Crippen molar-refractivity contribution in [1.29, 1.82) is 0 Å². The summed E-state index contributed by atoms with van der Waals surface area (Å²) in [6.07, 6.45) is 13.1. The maximum atomic E-state index is 3.45. The third-order valence-electron chi connectivity index (χ3n) is 4.27. The Morgan fingerprint density at radius 2 is 1.60 bits per heavy atom. The Bertz CT molecular complexity index is 536. The summed E-state index contributed by atoms with van der Waals surface area (Å²) in [5, 5.41) is 1.44. The molecule has 0 saturated heterocycles. The number of aromatic amines is 1. The van der Waals surface area contributed by atoms with E-state index in [1.54, 1.807) is 0 Å². The smallest absolute Gasteiger partial charge is 0.0486 e. The monoisotopic (exact) mass is 271 g/mol. The molecule has 0 amide bonds. The lowest BCUT2D eigenvalue weighted by Crippen LogP contribution is -1.86. The molecule has 0 saturated carbocycles. The van der Waals surface area contributed by atoms with Crippen LogP contribution in [0.4, 0.5) is 0 Å². The second-order valence-corrected chi connectivity index (χ2v) is 6.19. The third kappa shape index (κ3) is 3.88. The van der Waals surface area contributed by atoms with Crippen molar-refractivity contribution in [2.24, 2.45) is 0 Å². The van der Waals surface area contributed by atoms with Gasteiger partial charge in [-0.15, -0.1) is 0 Å². The van der Waals surface area contributed by atoms with Crippen LogP contribution in [-0.2, 0) is 6.42 Å². The predicted molar refractivity (Wildman–Crippen MR) is 89.5 cm³/mol. The van der Waals surface area contributed by atoms with Crippen molar-refractivity contribution in [2.75, 3.05) is 0 Å². The van der Waals surface area contributed by atoms with E-state index in [1.165, 1.54) is 79.0 Å². The van der Waals surface area contributed by atoms with Crippen molar-refractivity contribution in [1.82, 2.24) is 4.98 Å². The summed E-state index contributed by atoms with van der Waals surface area (Å²) in [6.45, 7) is 6.67. The number of rotatable bonds is 8. The van der Waals surface area contributed by atoms with Crippen LogP contribution in [0.3, 0.4) is 0 Å². The Kier molecular flexibility index (Phi) is 5.70. The molecule has 0 radical (unpaired) electrons. The molecule has 1 N–H and O–H groups in total. The van der Waals surface area contributed by atoms with Crippen molar-refractivity contribution >= 4 is 10.9 Å². The number of unbranched alkanes of at least 4 members (excludes halogenated alkanes) is 6. The first-order valence-electron chi connectivity index (χ1n) is 8.29. The molecule has 1 aromatic carbocycles. The van der Waals surface area contributed by atoms with E-state index in [2.05, 4.69) is 44.1 Å². The molecule has 1 heterocycles. The summed E-state index contributed by atoms with van der Waals surface area (Å²) < 4.78 is 0. The first-order chi connectivity index (χ1) is 9.72. The number of H-pyrrole nitrogens is 1. The van der Waals surface area contributed by atoms with Crippen LogP contribution >= 0.6 is 0 Å². The summed E-state index contributed by atoms with van der Waals surface area (Å²) in [4.78, 5) is 3.45. The quantitative estimate of drug-likeness (QED) is 0.560. The standard InChI is InChI=1S/C19H29N/c1-4-5-6-7-8-9-10-11-17-14-20-19-16(3)12-15(2)13-18(17)19/h12-14,20H,4-11H2,1-3H3. The van der Waals surface area contributed by atoms with E-state index in [0.29, 0.717) is 0 Å². The molecule has 0 aliphatic carbocycles. The highest BCUT2D eigenvalue weighted by atomic mass is 14.7. The fourth-order valence-corrected chi connectivity index (χ4v) is 3.13. The van der Waals surface area contributed by atoms with Crippen LogP contribution < -0.4 is 0 Å². The van der Waals surface area contributed by atoms with Crippen LogP contribution in [0.1, 0.15) is 68.6 Å². The Morgan fingerprint density at radius 1 is 0.900 bits per heavy atom. The van der Waals surface area contributed by atoms with Gasteiger partial charge in [0, 0.05) is 17.1 Å². The van der Waals surface area contributed by atoms with Crippen LogP contribution in [-0.4, -0.2) is 4.98 Å². The molecule has 1 nitrogen and oxygen atoms in total. The van der Waals surface area contributed by atoms with Gasteiger partial charge in [0.05, 0.1) is 0 Å². The molecule has 1 aromatic heterocycles. The Balaban J connectivity index is 1.84. The van der Waals surface area contributed by atoms with Gasteiger partial charge in [0.1, 0.15) is 0 Å². The number of benzene rings is 1. The SMILES string of the molecule is CCCCCCCCCc1c[nH]c2c(C)cc(C)cc12. The molecule has 110 valence electrons. The van der Waals surface area contributed by atoms with E-state index in [9.17, 15) is 0 Å². The number of aryl methyl sites for hydroxylation is 3. The van der Waals surface area contributed by atoms with Crippen LogP contribution in [0.2, 0.25) is 0 Å².